The molecule has 0 aromatic heterocycles. The van der Waals surface area contributed by atoms with Gasteiger partial charge in [0.25, 0.3) is 0 Å². The monoisotopic (exact) mass is 226 g/mol. The van der Waals surface area contributed by atoms with E-state index in [2.05, 4.69) is 0 Å². The van der Waals surface area contributed by atoms with E-state index in [1.165, 1.54) is 7.11 Å². The SMILES string of the molecule is COC(=O)C(C)(C)c1c(C)cccc1Cl. The van der Waals surface area contributed by atoms with Gasteiger partial charge in [-0.1, -0.05) is 23.7 Å². The van der Waals surface area contributed by atoms with Gasteiger partial charge in [0.1, 0.15) is 0 Å². The average Bonchev–Trinajstić information content (AvgIpc) is 2.15. The van der Waals surface area contributed by atoms with Crippen LogP contribution in [0.4, 0.5) is 0 Å². The first kappa shape index (κ1) is 12.1. The molecule has 3 heteroatoms. The highest BCUT2D eigenvalue weighted by atomic mass is 35.5. The van der Waals surface area contributed by atoms with Crippen LogP contribution in [0.3, 0.4) is 0 Å². The van der Waals surface area contributed by atoms with Crippen molar-refractivity contribution in [3.05, 3.63) is 34.3 Å². The molecular weight excluding hydrogens is 212 g/mol. The number of hydrogen-bond acceptors (Lipinski definition) is 2. The molecule has 0 saturated heterocycles. The third-order valence-electron chi connectivity index (χ3n) is 2.54. The minimum absolute atomic E-state index is 0.279. The van der Waals surface area contributed by atoms with Crippen LogP contribution in [0.1, 0.15) is 25.0 Å². The van der Waals surface area contributed by atoms with Crippen LogP contribution >= 0.6 is 11.6 Å². The van der Waals surface area contributed by atoms with E-state index in [1.807, 2.05) is 32.9 Å². The second-order valence-electron chi connectivity index (χ2n) is 4.05. The quantitative estimate of drug-likeness (QED) is 0.725. The molecule has 0 N–H and O–H groups in total. The molecule has 15 heavy (non-hydrogen) atoms. The first-order valence-electron chi connectivity index (χ1n) is 4.75. The fraction of sp³-hybridized carbons (Fsp3) is 0.417. The lowest BCUT2D eigenvalue weighted by Crippen LogP contribution is -2.31. The molecule has 0 amide bonds. The average molecular weight is 227 g/mol. The second-order valence-corrected chi connectivity index (χ2v) is 4.46. The van der Waals surface area contributed by atoms with Gasteiger partial charge >= 0.3 is 5.97 Å². The number of esters is 1. The fourth-order valence-electron chi connectivity index (χ4n) is 1.78. The van der Waals surface area contributed by atoms with Crippen LogP contribution in [-0.4, -0.2) is 13.1 Å². The van der Waals surface area contributed by atoms with Gasteiger partial charge in [-0.3, -0.25) is 4.79 Å². The van der Waals surface area contributed by atoms with E-state index in [4.69, 9.17) is 16.3 Å². The van der Waals surface area contributed by atoms with Crippen LogP contribution in [0.2, 0.25) is 5.02 Å². The molecule has 0 aliphatic carbocycles. The van der Waals surface area contributed by atoms with Gasteiger partial charge in [-0.05, 0) is 38.0 Å². The summed E-state index contributed by atoms with van der Waals surface area (Å²) in [7, 11) is 1.39. The number of methoxy groups -OCH3 is 1. The maximum absolute atomic E-state index is 11.7. The Morgan fingerprint density at radius 2 is 2.00 bits per heavy atom. The third-order valence-corrected chi connectivity index (χ3v) is 2.86. The Hall–Kier alpha value is -1.02. The lowest BCUT2D eigenvalue weighted by Gasteiger charge is -2.25. The zero-order valence-electron chi connectivity index (χ0n) is 9.43. The molecule has 0 heterocycles. The molecule has 0 spiro atoms. The van der Waals surface area contributed by atoms with Crippen molar-refractivity contribution in [3.8, 4) is 0 Å². The molecular formula is C12H15ClO2. The maximum atomic E-state index is 11.7. The largest absolute Gasteiger partial charge is 0.468 e. The Balaban J connectivity index is 3.32. The number of aryl methyl sites for hydroxylation is 1. The summed E-state index contributed by atoms with van der Waals surface area (Å²) in [5, 5.41) is 0.602. The molecule has 0 fully saturated rings. The smallest absolute Gasteiger partial charge is 0.315 e. The Morgan fingerprint density at radius 1 is 1.40 bits per heavy atom. The van der Waals surface area contributed by atoms with Gasteiger partial charge in [0.05, 0.1) is 12.5 Å². The summed E-state index contributed by atoms with van der Waals surface area (Å²) in [4.78, 5) is 11.7. The predicted molar refractivity (Wildman–Crippen MR) is 61.2 cm³/mol. The van der Waals surface area contributed by atoms with Crippen LogP contribution in [0.25, 0.3) is 0 Å². The van der Waals surface area contributed by atoms with Gasteiger partial charge in [-0.25, -0.2) is 0 Å². The molecule has 82 valence electrons. The van der Waals surface area contributed by atoms with E-state index in [0.29, 0.717) is 5.02 Å². The Kier molecular flexibility index (Phi) is 3.40. The van der Waals surface area contributed by atoms with Crippen molar-refractivity contribution >= 4 is 17.6 Å². The Labute approximate surface area is 95.2 Å². The molecule has 0 aliphatic heterocycles. The number of benzene rings is 1. The molecule has 0 atom stereocenters. The normalized spacial score (nSPS) is 11.3. The summed E-state index contributed by atoms with van der Waals surface area (Å²) in [5.41, 5.74) is 1.12. The van der Waals surface area contributed by atoms with Crippen LogP contribution in [0.5, 0.6) is 0 Å². The zero-order valence-corrected chi connectivity index (χ0v) is 10.2. The highest BCUT2D eigenvalue weighted by Crippen LogP contribution is 2.33. The number of carbonyl (C=O) groups is 1. The Bertz CT molecular complexity index is 363. The molecule has 1 rings (SSSR count). The van der Waals surface area contributed by atoms with Gasteiger partial charge in [0.15, 0.2) is 0 Å². The molecule has 0 aliphatic rings. The fourth-order valence-corrected chi connectivity index (χ4v) is 2.24. The second kappa shape index (κ2) is 4.23. The van der Waals surface area contributed by atoms with Crippen molar-refractivity contribution in [2.75, 3.05) is 7.11 Å². The van der Waals surface area contributed by atoms with E-state index in [9.17, 15) is 4.79 Å². The molecule has 0 saturated carbocycles. The summed E-state index contributed by atoms with van der Waals surface area (Å²) in [6.07, 6.45) is 0. The summed E-state index contributed by atoms with van der Waals surface area (Å²) >= 11 is 6.11. The molecule has 1 aromatic rings. The van der Waals surface area contributed by atoms with E-state index < -0.39 is 5.41 Å². The lowest BCUT2D eigenvalue weighted by molar-refractivity contribution is -0.146. The van der Waals surface area contributed by atoms with Gasteiger partial charge in [0, 0.05) is 5.02 Å². The highest BCUT2D eigenvalue weighted by molar-refractivity contribution is 6.31. The summed E-state index contributed by atoms with van der Waals surface area (Å²) in [5.74, 6) is -0.279. The molecule has 0 unspecified atom stereocenters. The molecule has 0 bridgehead atoms. The summed E-state index contributed by atoms with van der Waals surface area (Å²) in [6, 6.07) is 5.59. The van der Waals surface area contributed by atoms with Gasteiger partial charge < -0.3 is 4.74 Å². The first-order valence-corrected chi connectivity index (χ1v) is 5.13. The van der Waals surface area contributed by atoms with Crippen molar-refractivity contribution in [3.63, 3.8) is 0 Å². The summed E-state index contributed by atoms with van der Waals surface area (Å²) < 4.78 is 4.78. The molecule has 0 radical (unpaired) electrons. The van der Waals surface area contributed by atoms with Gasteiger partial charge in [-0.15, -0.1) is 0 Å². The molecule has 1 aromatic carbocycles. The molecule has 2 nitrogen and oxygen atoms in total. The predicted octanol–water partition coefficient (Wildman–Crippen LogP) is 3.10. The van der Waals surface area contributed by atoms with Crippen molar-refractivity contribution in [1.82, 2.24) is 0 Å². The summed E-state index contributed by atoms with van der Waals surface area (Å²) in [6.45, 7) is 5.56. The lowest BCUT2D eigenvalue weighted by atomic mass is 9.82. The van der Waals surface area contributed by atoms with Crippen LogP contribution in [0.15, 0.2) is 18.2 Å². The van der Waals surface area contributed by atoms with Crippen LogP contribution < -0.4 is 0 Å². The van der Waals surface area contributed by atoms with E-state index in [-0.39, 0.29) is 5.97 Å². The van der Waals surface area contributed by atoms with Gasteiger partial charge in [0.2, 0.25) is 0 Å². The maximum Gasteiger partial charge on any atom is 0.315 e. The topological polar surface area (TPSA) is 26.3 Å². The Morgan fingerprint density at radius 3 is 2.47 bits per heavy atom. The van der Waals surface area contributed by atoms with Crippen molar-refractivity contribution in [2.45, 2.75) is 26.2 Å². The van der Waals surface area contributed by atoms with Gasteiger partial charge in [-0.2, -0.15) is 0 Å². The van der Waals surface area contributed by atoms with Crippen molar-refractivity contribution < 1.29 is 9.53 Å². The third kappa shape index (κ3) is 2.15. The minimum atomic E-state index is -0.711. The standard InChI is InChI=1S/C12H15ClO2/c1-8-6-5-7-9(13)10(8)12(2,3)11(14)15-4/h5-7H,1-4H3. The number of halogens is 1. The van der Waals surface area contributed by atoms with E-state index in [1.54, 1.807) is 6.07 Å². The number of carbonyl (C=O) groups excluding carboxylic acids is 1. The minimum Gasteiger partial charge on any atom is -0.468 e. The van der Waals surface area contributed by atoms with Crippen molar-refractivity contribution in [1.29, 1.82) is 0 Å². The van der Waals surface area contributed by atoms with Crippen molar-refractivity contribution in [2.24, 2.45) is 0 Å². The van der Waals surface area contributed by atoms with E-state index >= 15 is 0 Å². The number of ether oxygens (including phenoxy) is 1. The highest BCUT2D eigenvalue weighted by Gasteiger charge is 2.33. The first-order chi connectivity index (χ1) is 6.91. The zero-order chi connectivity index (χ0) is 11.6. The van der Waals surface area contributed by atoms with E-state index in [0.717, 1.165) is 11.1 Å². The number of rotatable bonds is 2. The number of hydrogen-bond donors (Lipinski definition) is 0. The van der Waals surface area contributed by atoms with Crippen LogP contribution in [-0.2, 0) is 14.9 Å². The van der Waals surface area contributed by atoms with Crippen LogP contribution in [0, 0.1) is 6.92 Å².